The molecule has 0 spiro atoms. The number of nitrogens with zero attached hydrogens (tertiary/aromatic N) is 1. The molecule has 11 heteroatoms. The molecule has 1 heterocycles. The van der Waals surface area contributed by atoms with Crippen molar-refractivity contribution in [3.8, 4) is 5.75 Å². The van der Waals surface area contributed by atoms with Crippen LogP contribution in [0, 0.1) is 0 Å². The minimum atomic E-state index is -2.34. The molecule has 1 unspecified atom stereocenters. The predicted octanol–water partition coefficient (Wildman–Crippen LogP) is -3.74. The van der Waals surface area contributed by atoms with Crippen LogP contribution in [0.3, 0.4) is 0 Å². The van der Waals surface area contributed by atoms with Crippen molar-refractivity contribution < 1.29 is 40.6 Å². The first-order valence-electron chi connectivity index (χ1n) is 8.73. The molecule has 0 saturated carbocycles. The van der Waals surface area contributed by atoms with Crippen molar-refractivity contribution in [2.24, 2.45) is 5.73 Å². The van der Waals surface area contributed by atoms with Crippen LogP contribution in [0.25, 0.3) is 0 Å². The van der Waals surface area contributed by atoms with Gasteiger partial charge in [-0.1, -0.05) is 12.1 Å². The zero-order chi connectivity index (χ0) is 21.1. The van der Waals surface area contributed by atoms with Crippen molar-refractivity contribution in [2.45, 2.75) is 42.4 Å². The van der Waals surface area contributed by atoms with Crippen LogP contribution in [0.1, 0.15) is 5.56 Å². The molecule has 11 nitrogen and oxygen atoms in total. The fourth-order valence-electron chi connectivity index (χ4n) is 3.25. The van der Waals surface area contributed by atoms with E-state index < -0.39 is 61.6 Å². The highest BCUT2D eigenvalue weighted by atomic mass is 16.5. The van der Waals surface area contributed by atoms with E-state index in [0.29, 0.717) is 10.6 Å². The van der Waals surface area contributed by atoms with Gasteiger partial charge < -0.3 is 46.9 Å². The van der Waals surface area contributed by atoms with Gasteiger partial charge in [-0.2, -0.15) is 5.06 Å². The molecule has 1 fully saturated rings. The van der Waals surface area contributed by atoms with Crippen molar-refractivity contribution in [1.82, 2.24) is 10.4 Å². The van der Waals surface area contributed by atoms with Crippen LogP contribution in [0.5, 0.6) is 5.75 Å². The molecule has 0 aliphatic carbocycles. The number of benzene rings is 1. The van der Waals surface area contributed by atoms with E-state index in [1.54, 1.807) is 12.1 Å². The number of phenols is 1. The minimum absolute atomic E-state index is 0.0648. The van der Waals surface area contributed by atoms with Gasteiger partial charge in [-0.15, -0.1) is 0 Å². The minimum Gasteiger partial charge on any atom is -0.508 e. The number of carbonyl (C=O) groups is 1. The maximum atomic E-state index is 12.4. The zero-order valence-corrected chi connectivity index (χ0v) is 15.1. The lowest BCUT2D eigenvalue weighted by molar-refractivity contribution is -0.282. The number of aliphatic hydroxyl groups is 5. The Morgan fingerprint density at radius 1 is 1.29 bits per heavy atom. The fraction of sp³-hybridized carbons (Fsp3) is 0.588. The van der Waals surface area contributed by atoms with Crippen LogP contribution < -0.4 is 11.1 Å². The average Bonchev–Trinajstić information content (AvgIpc) is 2.66. The Morgan fingerprint density at radius 3 is 2.43 bits per heavy atom. The summed E-state index contributed by atoms with van der Waals surface area (Å²) in [7, 11) is 0. The number of phenolic OH excluding ortho intramolecular Hbond substituents is 1. The van der Waals surface area contributed by atoms with Crippen molar-refractivity contribution in [2.75, 3.05) is 19.8 Å². The number of β-amino-alcohol motifs (C(OH)–C–C–N with tert-alkyl or cyclic N) is 1. The number of nitrogens with one attached hydrogen (secondary N) is 1. The van der Waals surface area contributed by atoms with Gasteiger partial charge >= 0.3 is 0 Å². The lowest BCUT2D eigenvalue weighted by atomic mass is 9.80. The second-order valence-corrected chi connectivity index (χ2v) is 7.00. The first kappa shape index (κ1) is 22.5. The van der Waals surface area contributed by atoms with E-state index in [1.165, 1.54) is 12.1 Å². The Balaban J connectivity index is 2.09. The van der Waals surface area contributed by atoms with Crippen LogP contribution in [0.4, 0.5) is 0 Å². The molecule has 1 amide bonds. The number of carbonyl (C=O) groups excluding carboxylic acids is 1. The Kier molecular flexibility index (Phi) is 7.31. The maximum Gasteiger partial charge on any atom is 0.237 e. The van der Waals surface area contributed by atoms with E-state index in [0.717, 1.165) is 0 Å². The van der Waals surface area contributed by atoms with Gasteiger partial charge in [-0.25, -0.2) is 0 Å². The normalized spacial score (nSPS) is 30.6. The number of rotatable bonds is 7. The van der Waals surface area contributed by atoms with Crippen LogP contribution >= 0.6 is 0 Å². The quantitative estimate of drug-likeness (QED) is 0.219. The number of aromatic hydroxyl groups is 1. The summed E-state index contributed by atoms with van der Waals surface area (Å²) in [5, 5.41) is 71.7. The summed E-state index contributed by atoms with van der Waals surface area (Å²) in [6, 6.07) is 2.39. The van der Waals surface area contributed by atoms with Gasteiger partial charge in [0.1, 0.15) is 23.6 Å². The molecular formula is C17H27N3O8. The monoisotopic (exact) mass is 401 g/mol. The van der Waals surface area contributed by atoms with Crippen LogP contribution in [0.15, 0.2) is 24.3 Å². The van der Waals surface area contributed by atoms with E-state index in [1.807, 2.05) is 0 Å². The van der Waals surface area contributed by atoms with E-state index in [9.17, 15) is 40.6 Å². The molecule has 1 aromatic rings. The Hall–Kier alpha value is -1.83. The van der Waals surface area contributed by atoms with Crippen molar-refractivity contribution in [1.29, 1.82) is 0 Å². The summed E-state index contributed by atoms with van der Waals surface area (Å²) in [5.74, 6) is -0.624. The van der Waals surface area contributed by atoms with E-state index in [-0.39, 0.29) is 12.2 Å². The largest absolute Gasteiger partial charge is 0.508 e. The van der Waals surface area contributed by atoms with Gasteiger partial charge in [0.25, 0.3) is 0 Å². The zero-order valence-electron chi connectivity index (χ0n) is 15.1. The third-order valence-electron chi connectivity index (χ3n) is 5.04. The molecule has 0 bridgehead atoms. The predicted molar refractivity (Wildman–Crippen MR) is 95.1 cm³/mol. The SMILES string of the molecule is N[C@@H](Cc1ccc(O)cc1)C(=O)NC(CO)[C@H]1[C@H](O)[C@](O)(CO)[C@@H](O)CN1O. The van der Waals surface area contributed by atoms with E-state index in [2.05, 4.69) is 5.32 Å². The number of piperidine rings is 1. The number of nitrogens with two attached hydrogens (primary N) is 1. The summed E-state index contributed by atoms with van der Waals surface area (Å²) in [4.78, 5) is 12.4. The maximum absolute atomic E-state index is 12.4. The average molecular weight is 401 g/mol. The lowest BCUT2D eigenvalue weighted by Crippen LogP contribution is -2.74. The highest BCUT2D eigenvalue weighted by Gasteiger charge is 2.54. The highest BCUT2D eigenvalue weighted by Crippen LogP contribution is 2.28. The highest BCUT2D eigenvalue weighted by molar-refractivity contribution is 5.82. The van der Waals surface area contributed by atoms with Gasteiger partial charge in [0.2, 0.25) is 5.91 Å². The number of hydrogen-bond acceptors (Lipinski definition) is 10. The third-order valence-corrected chi connectivity index (χ3v) is 5.04. The van der Waals surface area contributed by atoms with Gasteiger partial charge in [0, 0.05) is 0 Å². The van der Waals surface area contributed by atoms with E-state index in [4.69, 9.17) is 5.73 Å². The molecule has 158 valence electrons. The Labute approximate surface area is 161 Å². The van der Waals surface area contributed by atoms with Gasteiger partial charge in [-0.05, 0) is 24.1 Å². The number of aliphatic hydroxyl groups excluding tert-OH is 4. The summed E-state index contributed by atoms with van der Waals surface area (Å²) >= 11 is 0. The second-order valence-electron chi connectivity index (χ2n) is 7.00. The molecule has 6 atom stereocenters. The first-order chi connectivity index (χ1) is 13.1. The molecule has 1 aromatic carbocycles. The van der Waals surface area contributed by atoms with Crippen LogP contribution in [-0.4, -0.2) is 103 Å². The third kappa shape index (κ3) is 4.59. The second kappa shape index (κ2) is 9.11. The summed E-state index contributed by atoms with van der Waals surface area (Å²) < 4.78 is 0. The van der Waals surface area contributed by atoms with Crippen molar-refractivity contribution >= 4 is 5.91 Å². The molecule has 28 heavy (non-hydrogen) atoms. The van der Waals surface area contributed by atoms with Gasteiger partial charge in [0.15, 0.2) is 0 Å². The Morgan fingerprint density at radius 2 is 1.89 bits per heavy atom. The molecule has 10 N–H and O–H groups in total. The topological polar surface area (TPSA) is 200 Å². The smallest absolute Gasteiger partial charge is 0.237 e. The standard InChI is InChI=1S/C17H27N3O8/c18-11(5-9-1-3-10(23)4-2-9)16(26)19-12(7-21)14-15(25)17(27,8-22)13(24)6-20(14)28/h1-4,11-15,21-25,27-28H,5-8,18H2,(H,19,26)/t11-,12?,13-,14-,15-,17-/m0/s1. The number of hydroxylamine groups is 2. The van der Waals surface area contributed by atoms with Crippen molar-refractivity contribution in [3.63, 3.8) is 0 Å². The molecule has 0 aromatic heterocycles. The molecule has 0 radical (unpaired) electrons. The number of amides is 1. The molecule has 1 saturated heterocycles. The molecule has 1 aliphatic rings. The van der Waals surface area contributed by atoms with Gasteiger partial charge in [0.05, 0.1) is 37.9 Å². The summed E-state index contributed by atoms with van der Waals surface area (Å²) in [6.45, 7) is -2.23. The van der Waals surface area contributed by atoms with E-state index >= 15 is 0 Å². The molecular weight excluding hydrogens is 374 g/mol. The summed E-state index contributed by atoms with van der Waals surface area (Å²) in [6.07, 6.45) is -3.41. The molecule has 2 rings (SSSR count). The van der Waals surface area contributed by atoms with Crippen LogP contribution in [-0.2, 0) is 11.2 Å². The van der Waals surface area contributed by atoms with Crippen LogP contribution in [0.2, 0.25) is 0 Å². The van der Waals surface area contributed by atoms with Gasteiger partial charge in [-0.3, -0.25) is 4.79 Å². The lowest BCUT2D eigenvalue weighted by Gasteiger charge is -2.49. The van der Waals surface area contributed by atoms with Crippen molar-refractivity contribution in [3.05, 3.63) is 29.8 Å². The fourth-order valence-corrected chi connectivity index (χ4v) is 3.25. The summed E-state index contributed by atoms with van der Waals surface area (Å²) in [5.41, 5.74) is 4.21. The number of hydrogen-bond donors (Lipinski definition) is 9. The Bertz CT molecular complexity index is 660. The first-order valence-corrected chi connectivity index (χ1v) is 8.73. The molecule has 1 aliphatic heterocycles.